The molecule has 0 heterocycles. The van der Waals surface area contributed by atoms with Gasteiger partial charge in [0.05, 0.1) is 11.6 Å². The van der Waals surface area contributed by atoms with Gasteiger partial charge in [0.25, 0.3) is 0 Å². The minimum absolute atomic E-state index is 0.562. The number of benzene rings is 1. The van der Waals surface area contributed by atoms with Crippen LogP contribution in [0.4, 0.5) is 0 Å². The second-order valence-corrected chi connectivity index (χ2v) is 4.76. The SMILES string of the molecule is CCC(CCl)Cc1ccc(OC)c(Br)c1. The summed E-state index contributed by atoms with van der Waals surface area (Å²) in [6.45, 7) is 2.17. The van der Waals surface area contributed by atoms with Crippen LogP contribution in [0.25, 0.3) is 0 Å². The lowest BCUT2D eigenvalue weighted by Gasteiger charge is -2.12. The fraction of sp³-hybridized carbons (Fsp3) is 0.500. The quantitative estimate of drug-likeness (QED) is 0.736. The normalized spacial score (nSPS) is 12.5. The molecule has 0 fully saturated rings. The Morgan fingerprint density at radius 3 is 2.67 bits per heavy atom. The second kappa shape index (κ2) is 6.39. The molecule has 1 unspecified atom stereocenters. The van der Waals surface area contributed by atoms with E-state index in [-0.39, 0.29) is 0 Å². The number of hydrogen-bond acceptors (Lipinski definition) is 1. The van der Waals surface area contributed by atoms with E-state index in [1.165, 1.54) is 5.56 Å². The lowest BCUT2D eigenvalue weighted by Crippen LogP contribution is -2.04. The first-order valence-corrected chi connectivity index (χ1v) is 6.42. The monoisotopic (exact) mass is 290 g/mol. The fourth-order valence-corrected chi connectivity index (χ4v) is 2.39. The summed E-state index contributed by atoms with van der Waals surface area (Å²) in [4.78, 5) is 0. The van der Waals surface area contributed by atoms with Crippen LogP contribution in [0.5, 0.6) is 5.75 Å². The molecule has 0 saturated carbocycles. The number of halogens is 2. The van der Waals surface area contributed by atoms with Gasteiger partial charge in [0.15, 0.2) is 0 Å². The highest BCUT2D eigenvalue weighted by molar-refractivity contribution is 9.10. The minimum Gasteiger partial charge on any atom is -0.496 e. The third kappa shape index (κ3) is 3.69. The first-order chi connectivity index (χ1) is 7.21. The molecule has 0 aromatic heterocycles. The molecule has 1 aromatic rings. The second-order valence-electron chi connectivity index (χ2n) is 3.60. The predicted octanol–water partition coefficient (Wildman–Crippen LogP) is 4.27. The van der Waals surface area contributed by atoms with E-state index < -0.39 is 0 Å². The van der Waals surface area contributed by atoms with Crippen molar-refractivity contribution in [3.05, 3.63) is 28.2 Å². The van der Waals surface area contributed by atoms with Crippen molar-refractivity contribution in [3.8, 4) is 5.75 Å². The van der Waals surface area contributed by atoms with Gasteiger partial charge in [0.1, 0.15) is 5.75 Å². The summed E-state index contributed by atoms with van der Waals surface area (Å²) >= 11 is 9.36. The molecular weight excluding hydrogens is 275 g/mol. The smallest absolute Gasteiger partial charge is 0.133 e. The molecule has 0 spiro atoms. The number of hydrogen-bond donors (Lipinski definition) is 0. The Balaban J connectivity index is 2.74. The molecule has 1 rings (SSSR count). The van der Waals surface area contributed by atoms with Crippen molar-refractivity contribution in [2.75, 3.05) is 13.0 Å². The van der Waals surface area contributed by atoms with Gasteiger partial charge in [0, 0.05) is 5.88 Å². The van der Waals surface area contributed by atoms with Crippen molar-refractivity contribution in [3.63, 3.8) is 0 Å². The third-order valence-corrected chi connectivity index (χ3v) is 3.59. The van der Waals surface area contributed by atoms with E-state index in [4.69, 9.17) is 16.3 Å². The highest BCUT2D eigenvalue weighted by atomic mass is 79.9. The van der Waals surface area contributed by atoms with Crippen LogP contribution in [0.15, 0.2) is 22.7 Å². The Morgan fingerprint density at radius 2 is 2.20 bits per heavy atom. The number of ether oxygens (including phenoxy) is 1. The van der Waals surface area contributed by atoms with Gasteiger partial charge in [-0.1, -0.05) is 19.4 Å². The standard InChI is InChI=1S/C12H16BrClO/c1-3-9(8-14)6-10-4-5-12(15-2)11(13)7-10/h4-5,7,9H,3,6,8H2,1-2H3. The Hall–Kier alpha value is -0.210. The van der Waals surface area contributed by atoms with E-state index in [0.29, 0.717) is 5.92 Å². The largest absolute Gasteiger partial charge is 0.496 e. The molecule has 0 aliphatic carbocycles. The molecular formula is C12H16BrClO. The molecule has 0 bridgehead atoms. The first-order valence-electron chi connectivity index (χ1n) is 5.09. The summed E-state index contributed by atoms with van der Waals surface area (Å²) in [6, 6.07) is 6.19. The first kappa shape index (κ1) is 12.9. The maximum atomic E-state index is 5.88. The molecule has 3 heteroatoms. The number of alkyl halides is 1. The zero-order chi connectivity index (χ0) is 11.3. The summed E-state index contributed by atoms with van der Waals surface area (Å²) in [5, 5.41) is 0. The average molecular weight is 292 g/mol. The van der Waals surface area contributed by atoms with Crippen molar-refractivity contribution in [1.82, 2.24) is 0 Å². The van der Waals surface area contributed by atoms with Crippen LogP contribution in [0.3, 0.4) is 0 Å². The van der Waals surface area contributed by atoms with Crippen molar-refractivity contribution >= 4 is 27.5 Å². The van der Waals surface area contributed by atoms with E-state index in [9.17, 15) is 0 Å². The molecule has 0 N–H and O–H groups in total. The van der Waals surface area contributed by atoms with Crippen molar-refractivity contribution < 1.29 is 4.74 Å². The summed E-state index contributed by atoms with van der Waals surface area (Å²) in [5.41, 5.74) is 1.30. The highest BCUT2D eigenvalue weighted by Gasteiger charge is 2.07. The summed E-state index contributed by atoms with van der Waals surface area (Å²) in [5.74, 6) is 2.16. The number of rotatable bonds is 5. The van der Waals surface area contributed by atoms with E-state index in [0.717, 1.165) is 28.9 Å². The fourth-order valence-electron chi connectivity index (χ4n) is 1.48. The molecule has 0 aliphatic heterocycles. The molecule has 1 nitrogen and oxygen atoms in total. The van der Waals surface area contributed by atoms with Crippen LogP contribution >= 0.6 is 27.5 Å². The van der Waals surface area contributed by atoms with Crippen LogP contribution in [0, 0.1) is 5.92 Å². The van der Waals surface area contributed by atoms with Crippen LogP contribution < -0.4 is 4.74 Å². The lowest BCUT2D eigenvalue weighted by atomic mass is 9.99. The zero-order valence-electron chi connectivity index (χ0n) is 9.09. The van der Waals surface area contributed by atoms with E-state index >= 15 is 0 Å². The summed E-state index contributed by atoms with van der Waals surface area (Å²) in [7, 11) is 1.67. The predicted molar refractivity (Wildman–Crippen MR) is 68.9 cm³/mol. The molecule has 0 radical (unpaired) electrons. The van der Waals surface area contributed by atoms with E-state index in [2.05, 4.69) is 35.0 Å². The van der Waals surface area contributed by atoms with Crippen molar-refractivity contribution in [2.45, 2.75) is 19.8 Å². The molecule has 1 aromatic carbocycles. The highest BCUT2D eigenvalue weighted by Crippen LogP contribution is 2.27. The summed E-state index contributed by atoms with van der Waals surface area (Å²) < 4.78 is 6.19. The Labute approximate surface area is 105 Å². The Morgan fingerprint density at radius 1 is 1.47 bits per heavy atom. The third-order valence-electron chi connectivity index (χ3n) is 2.54. The lowest BCUT2D eigenvalue weighted by molar-refractivity contribution is 0.412. The maximum absolute atomic E-state index is 5.88. The molecule has 0 saturated heterocycles. The van der Waals surface area contributed by atoms with Gasteiger partial charge in [-0.2, -0.15) is 0 Å². The van der Waals surface area contributed by atoms with E-state index in [1.54, 1.807) is 7.11 Å². The summed E-state index contributed by atoms with van der Waals surface area (Å²) in [6.07, 6.45) is 2.15. The van der Waals surface area contributed by atoms with Crippen molar-refractivity contribution in [2.24, 2.45) is 5.92 Å². The van der Waals surface area contributed by atoms with Crippen LogP contribution in [-0.4, -0.2) is 13.0 Å². The van der Waals surface area contributed by atoms with Crippen LogP contribution in [0.1, 0.15) is 18.9 Å². The molecule has 0 amide bonds. The Kier molecular flexibility index (Phi) is 5.48. The van der Waals surface area contributed by atoms with Gasteiger partial charge in [-0.3, -0.25) is 0 Å². The van der Waals surface area contributed by atoms with Crippen LogP contribution in [-0.2, 0) is 6.42 Å². The molecule has 15 heavy (non-hydrogen) atoms. The molecule has 0 aliphatic rings. The van der Waals surface area contributed by atoms with Gasteiger partial charge in [-0.05, 0) is 46.0 Å². The molecule has 1 atom stereocenters. The maximum Gasteiger partial charge on any atom is 0.133 e. The van der Waals surface area contributed by atoms with E-state index in [1.807, 2.05) is 6.07 Å². The van der Waals surface area contributed by atoms with Crippen LogP contribution in [0.2, 0.25) is 0 Å². The molecule has 84 valence electrons. The zero-order valence-corrected chi connectivity index (χ0v) is 11.4. The topological polar surface area (TPSA) is 9.23 Å². The van der Waals surface area contributed by atoms with Gasteiger partial charge in [0.2, 0.25) is 0 Å². The minimum atomic E-state index is 0.562. The van der Waals surface area contributed by atoms with Gasteiger partial charge in [-0.25, -0.2) is 0 Å². The van der Waals surface area contributed by atoms with Gasteiger partial charge in [-0.15, -0.1) is 11.6 Å². The van der Waals surface area contributed by atoms with Gasteiger partial charge < -0.3 is 4.74 Å². The van der Waals surface area contributed by atoms with Gasteiger partial charge >= 0.3 is 0 Å². The average Bonchev–Trinajstić information content (AvgIpc) is 2.26. The Bertz CT molecular complexity index is 310. The number of methoxy groups -OCH3 is 1. The van der Waals surface area contributed by atoms with Crippen molar-refractivity contribution in [1.29, 1.82) is 0 Å².